The van der Waals surface area contributed by atoms with Crippen molar-refractivity contribution in [2.24, 2.45) is 5.41 Å². The smallest absolute Gasteiger partial charge is 0.288 e. The van der Waals surface area contributed by atoms with Crippen LogP contribution in [0.25, 0.3) is 6.08 Å². The van der Waals surface area contributed by atoms with Crippen molar-refractivity contribution in [1.29, 1.82) is 5.26 Å². The molecule has 0 fully saturated rings. The van der Waals surface area contributed by atoms with E-state index in [2.05, 4.69) is 25.9 Å². The standard InChI is InChI=1S/C15H21N3O2/c1-10(2)8-12-13(19)11(9-16)14(20)18(17-12)7-6-15(3,4)5/h8,19H,6-7H2,1-5H3. The molecule has 5 heteroatoms. The SMILES string of the molecule is CC(C)=Cc1nn(CCC(C)(C)C)c(=O)c(C#N)c1O. The number of hydrogen-bond donors (Lipinski definition) is 1. The Kier molecular flexibility index (Phi) is 4.72. The fourth-order valence-electron chi connectivity index (χ4n) is 1.65. The molecule has 0 aliphatic heterocycles. The average Bonchev–Trinajstić information content (AvgIpc) is 2.30. The highest BCUT2D eigenvalue weighted by molar-refractivity contribution is 5.58. The Morgan fingerprint density at radius 2 is 2.05 bits per heavy atom. The largest absolute Gasteiger partial charge is 0.504 e. The van der Waals surface area contributed by atoms with Crippen molar-refractivity contribution in [1.82, 2.24) is 9.78 Å². The number of aromatic nitrogens is 2. The molecule has 0 radical (unpaired) electrons. The van der Waals surface area contributed by atoms with E-state index in [0.29, 0.717) is 6.54 Å². The van der Waals surface area contributed by atoms with Crippen LogP contribution < -0.4 is 5.56 Å². The van der Waals surface area contributed by atoms with Crippen LogP contribution in [-0.4, -0.2) is 14.9 Å². The molecule has 1 aromatic rings. The molecular weight excluding hydrogens is 254 g/mol. The van der Waals surface area contributed by atoms with Crippen LogP contribution in [0.5, 0.6) is 5.75 Å². The van der Waals surface area contributed by atoms with Gasteiger partial charge in [-0.05, 0) is 31.8 Å². The second kappa shape index (κ2) is 5.91. The molecule has 1 heterocycles. The van der Waals surface area contributed by atoms with Crippen molar-refractivity contribution in [3.63, 3.8) is 0 Å². The summed E-state index contributed by atoms with van der Waals surface area (Å²) < 4.78 is 1.26. The summed E-state index contributed by atoms with van der Waals surface area (Å²) in [7, 11) is 0. The van der Waals surface area contributed by atoms with E-state index in [1.807, 2.05) is 13.8 Å². The van der Waals surface area contributed by atoms with Gasteiger partial charge in [-0.2, -0.15) is 10.4 Å². The Hall–Kier alpha value is -2.09. The summed E-state index contributed by atoms with van der Waals surface area (Å²) in [6.07, 6.45) is 2.41. The molecule has 108 valence electrons. The van der Waals surface area contributed by atoms with Crippen LogP contribution in [0.15, 0.2) is 10.4 Å². The van der Waals surface area contributed by atoms with Gasteiger partial charge >= 0.3 is 0 Å². The highest BCUT2D eigenvalue weighted by Crippen LogP contribution is 2.21. The van der Waals surface area contributed by atoms with Gasteiger partial charge in [0.25, 0.3) is 5.56 Å². The van der Waals surface area contributed by atoms with Gasteiger partial charge in [-0.1, -0.05) is 26.3 Å². The molecule has 0 saturated carbocycles. The predicted molar refractivity (Wildman–Crippen MR) is 78.3 cm³/mol. The van der Waals surface area contributed by atoms with E-state index >= 15 is 0 Å². The quantitative estimate of drug-likeness (QED) is 0.919. The van der Waals surface area contributed by atoms with Crippen molar-refractivity contribution in [2.45, 2.75) is 47.6 Å². The number of aromatic hydroxyl groups is 1. The third kappa shape index (κ3) is 3.95. The second-order valence-corrected chi connectivity index (χ2v) is 6.28. The van der Waals surface area contributed by atoms with Gasteiger partial charge < -0.3 is 5.11 Å². The van der Waals surface area contributed by atoms with E-state index in [1.165, 1.54) is 4.68 Å². The van der Waals surface area contributed by atoms with Crippen molar-refractivity contribution in [2.75, 3.05) is 0 Å². The van der Waals surface area contributed by atoms with Crippen LogP contribution in [0, 0.1) is 16.7 Å². The average molecular weight is 275 g/mol. The van der Waals surface area contributed by atoms with Gasteiger partial charge in [0, 0.05) is 6.54 Å². The zero-order valence-corrected chi connectivity index (χ0v) is 12.7. The maximum Gasteiger partial charge on any atom is 0.288 e. The molecule has 0 bridgehead atoms. The van der Waals surface area contributed by atoms with E-state index in [1.54, 1.807) is 12.1 Å². The first kappa shape index (κ1) is 16.0. The first-order chi connectivity index (χ1) is 9.15. The molecule has 1 rings (SSSR count). The normalized spacial score (nSPS) is 11.0. The lowest BCUT2D eigenvalue weighted by molar-refractivity contribution is 0.334. The van der Waals surface area contributed by atoms with E-state index in [-0.39, 0.29) is 22.4 Å². The van der Waals surface area contributed by atoms with E-state index in [4.69, 9.17) is 5.26 Å². The Labute approximate surface area is 119 Å². The monoisotopic (exact) mass is 275 g/mol. The molecule has 0 aliphatic rings. The van der Waals surface area contributed by atoms with Gasteiger partial charge in [0.05, 0.1) is 0 Å². The van der Waals surface area contributed by atoms with Gasteiger partial charge in [0.1, 0.15) is 11.8 Å². The molecule has 0 amide bonds. The van der Waals surface area contributed by atoms with Gasteiger partial charge in [-0.3, -0.25) is 4.79 Å². The highest BCUT2D eigenvalue weighted by atomic mass is 16.3. The number of nitrogens with zero attached hydrogens (tertiary/aromatic N) is 3. The zero-order chi connectivity index (χ0) is 15.5. The lowest BCUT2D eigenvalue weighted by atomic mass is 9.92. The fourth-order valence-corrected chi connectivity index (χ4v) is 1.65. The van der Waals surface area contributed by atoms with Crippen molar-refractivity contribution < 1.29 is 5.11 Å². The molecule has 5 nitrogen and oxygen atoms in total. The molecule has 0 spiro atoms. The summed E-state index contributed by atoms with van der Waals surface area (Å²) in [6.45, 7) is 10.3. The number of aryl methyl sites for hydroxylation is 1. The summed E-state index contributed by atoms with van der Waals surface area (Å²) >= 11 is 0. The molecular formula is C15H21N3O2. The molecule has 0 aromatic carbocycles. The maximum absolute atomic E-state index is 12.1. The third-order valence-electron chi connectivity index (χ3n) is 2.77. The number of hydrogen-bond acceptors (Lipinski definition) is 4. The molecule has 0 atom stereocenters. The van der Waals surface area contributed by atoms with Crippen molar-refractivity contribution in [3.05, 3.63) is 27.2 Å². The van der Waals surface area contributed by atoms with Crippen LogP contribution in [-0.2, 0) is 6.54 Å². The Bertz CT molecular complexity index is 624. The van der Waals surface area contributed by atoms with Crippen LogP contribution in [0.2, 0.25) is 0 Å². The summed E-state index contributed by atoms with van der Waals surface area (Å²) in [6, 6.07) is 1.76. The van der Waals surface area contributed by atoms with Crippen LogP contribution in [0.1, 0.15) is 52.3 Å². The van der Waals surface area contributed by atoms with Crippen LogP contribution in [0.3, 0.4) is 0 Å². The Morgan fingerprint density at radius 3 is 2.50 bits per heavy atom. The van der Waals surface area contributed by atoms with Gasteiger partial charge in [0.15, 0.2) is 11.3 Å². The van der Waals surface area contributed by atoms with E-state index < -0.39 is 5.56 Å². The minimum absolute atomic E-state index is 0.0580. The Balaban J connectivity index is 3.36. The second-order valence-electron chi connectivity index (χ2n) is 6.28. The summed E-state index contributed by atoms with van der Waals surface area (Å²) in [5, 5.41) is 23.1. The first-order valence-corrected chi connectivity index (χ1v) is 6.55. The van der Waals surface area contributed by atoms with Crippen LogP contribution in [0.4, 0.5) is 0 Å². The lowest BCUT2D eigenvalue weighted by Crippen LogP contribution is -2.28. The van der Waals surface area contributed by atoms with Crippen molar-refractivity contribution in [3.8, 4) is 11.8 Å². The molecule has 1 N–H and O–H groups in total. The minimum atomic E-state index is -0.542. The van der Waals surface area contributed by atoms with E-state index in [9.17, 15) is 9.90 Å². The molecule has 1 aromatic heterocycles. The summed E-state index contributed by atoms with van der Waals surface area (Å²) in [4.78, 5) is 12.1. The Morgan fingerprint density at radius 1 is 1.45 bits per heavy atom. The zero-order valence-electron chi connectivity index (χ0n) is 12.7. The molecule has 0 unspecified atom stereocenters. The number of allylic oxidation sites excluding steroid dienone is 1. The third-order valence-corrected chi connectivity index (χ3v) is 2.77. The number of rotatable bonds is 3. The van der Waals surface area contributed by atoms with E-state index in [0.717, 1.165) is 12.0 Å². The first-order valence-electron chi connectivity index (χ1n) is 6.55. The minimum Gasteiger partial charge on any atom is -0.504 e. The van der Waals surface area contributed by atoms with Gasteiger partial charge in [0.2, 0.25) is 0 Å². The lowest BCUT2D eigenvalue weighted by Gasteiger charge is -2.18. The molecule has 0 aliphatic carbocycles. The number of nitriles is 1. The molecule has 20 heavy (non-hydrogen) atoms. The van der Waals surface area contributed by atoms with Gasteiger partial charge in [-0.15, -0.1) is 0 Å². The highest BCUT2D eigenvalue weighted by Gasteiger charge is 2.17. The summed E-state index contributed by atoms with van der Waals surface area (Å²) in [5.41, 5.74) is 0.456. The van der Waals surface area contributed by atoms with Crippen LogP contribution >= 0.6 is 0 Å². The van der Waals surface area contributed by atoms with Gasteiger partial charge in [-0.25, -0.2) is 4.68 Å². The summed E-state index contributed by atoms with van der Waals surface area (Å²) in [5.74, 6) is -0.342. The van der Waals surface area contributed by atoms with Crippen molar-refractivity contribution >= 4 is 6.08 Å². The topological polar surface area (TPSA) is 78.9 Å². The fraction of sp³-hybridized carbons (Fsp3) is 0.533. The molecule has 0 saturated heterocycles. The predicted octanol–water partition coefficient (Wildman–Crippen LogP) is 2.68. The maximum atomic E-state index is 12.1.